The summed E-state index contributed by atoms with van der Waals surface area (Å²) < 4.78 is 64.7. The van der Waals surface area contributed by atoms with Crippen LogP contribution in [0.2, 0.25) is 0 Å². The highest BCUT2D eigenvalue weighted by molar-refractivity contribution is 7.92. The van der Waals surface area contributed by atoms with Gasteiger partial charge in [-0.1, -0.05) is 18.2 Å². The monoisotopic (exact) mass is 370 g/mol. The number of rotatable bonds is 3. The minimum atomic E-state index is -4.49. The van der Waals surface area contributed by atoms with Crippen molar-refractivity contribution in [3.8, 4) is 0 Å². The van der Waals surface area contributed by atoms with Crippen molar-refractivity contribution in [2.75, 3.05) is 18.0 Å². The molecule has 0 N–H and O–H groups in total. The molecular weight excluding hydrogens is 353 g/mol. The summed E-state index contributed by atoms with van der Waals surface area (Å²) >= 11 is 0. The molecule has 0 spiro atoms. The number of pyridine rings is 1. The summed E-state index contributed by atoms with van der Waals surface area (Å²) in [5.74, 6) is -0.134. The second-order valence-corrected chi connectivity index (χ2v) is 8.14. The van der Waals surface area contributed by atoms with Crippen LogP contribution in [0.25, 0.3) is 0 Å². The summed E-state index contributed by atoms with van der Waals surface area (Å²) in [6.07, 6.45) is -2.63. The van der Waals surface area contributed by atoms with Crippen LogP contribution in [-0.4, -0.2) is 31.7 Å². The number of halogens is 3. The van der Waals surface area contributed by atoms with Crippen LogP contribution in [0.3, 0.4) is 0 Å². The molecule has 1 aliphatic rings. The molecule has 0 aliphatic carbocycles. The first-order valence-electron chi connectivity index (χ1n) is 7.86. The van der Waals surface area contributed by atoms with E-state index in [1.54, 1.807) is 30.3 Å². The van der Waals surface area contributed by atoms with Crippen molar-refractivity contribution in [1.29, 1.82) is 0 Å². The summed E-state index contributed by atoms with van der Waals surface area (Å²) in [4.78, 5) is 5.64. The Morgan fingerprint density at radius 3 is 2.24 bits per heavy atom. The Labute approximate surface area is 144 Å². The summed E-state index contributed by atoms with van der Waals surface area (Å²) in [5, 5.41) is -0.593. The number of nitrogens with zero attached hydrogens (tertiary/aromatic N) is 2. The zero-order chi connectivity index (χ0) is 18.1. The summed E-state index contributed by atoms with van der Waals surface area (Å²) in [6.45, 7) is 0.438. The molecule has 0 saturated carbocycles. The predicted octanol–water partition coefficient (Wildman–Crippen LogP) is 3.54. The van der Waals surface area contributed by atoms with E-state index in [4.69, 9.17) is 0 Å². The Balaban J connectivity index is 1.77. The lowest BCUT2D eigenvalue weighted by atomic mass is 10.1. The molecule has 0 bridgehead atoms. The average molecular weight is 370 g/mol. The fourth-order valence-corrected chi connectivity index (χ4v) is 4.80. The van der Waals surface area contributed by atoms with E-state index in [0.717, 1.165) is 6.07 Å². The van der Waals surface area contributed by atoms with Crippen molar-refractivity contribution in [1.82, 2.24) is 4.98 Å². The first-order chi connectivity index (χ1) is 11.8. The quantitative estimate of drug-likeness (QED) is 0.829. The van der Waals surface area contributed by atoms with Crippen LogP contribution in [-0.2, 0) is 16.0 Å². The van der Waals surface area contributed by atoms with E-state index in [9.17, 15) is 21.6 Å². The fourth-order valence-electron chi connectivity index (χ4n) is 3.05. The molecule has 0 unspecified atom stereocenters. The Hall–Kier alpha value is -2.09. The summed E-state index contributed by atoms with van der Waals surface area (Å²) in [5.41, 5.74) is -0.792. The van der Waals surface area contributed by atoms with Gasteiger partial charge in [-0.15, -0.1) is 0 Å². The predicted molar refractivity (Wildman–Crippen MR) is 88.1 cm³/mol. The molecule has 8 heteroatoms. The largest absolute Gasteiger partial charge is 0.419 e. The lowest BCUT2D eigenvalue weighted by Crippen LogP contribution is -2.40. The molecule has 1 fully saturated rings. The van der Waals surface area contributed by atoms with Gasteiger partial charge in [0.1, 0.15) is 5.82 Å². The van der Waals surface area contributed by atoms with Gasteiger partial charge in [-0.3, -0.25) is 0 Å². The maximum absolute atomic E-state index is 13.1. The highest BCUT2D eigenvalue weighted by atomic mass is 32.2. The lowest BCUT2D eigenvalue weighted by Gasteiger charge is -2.33. The molecule has 0 atom stereocenters. The van der Waals surface area contributed by atoms with Crippen LogP contribution in [0.15, 0.2) is 53.6 Å². The standard InChI is InChI=1S/C17H17F3N2O2S/c18-17(19,20)15-7-4-10-21-16(15)22-11-8-14(9-12-22)25(23,24)13-5-2-1-3-6-13/h1-7,10,14H,8-9,11-12H2. The molecule has 25 heavy (non-hydrogen) atoms. The number of sulfone groups is 1. The first kappa shape index (κ1) is 17.7. The molecule has 0 amide bonds. The number of piperidine rings is 1. The van der Waals surface area contributed by atoms with Gasteiger partial charge in [0.25, 0.3) is 0 Å². The topological polar surface area (TPSA) is 50.3 Å². The molecule has 1 aromatic carbocycles. The normalized spacial score (nSPS) is 16.8. The second-order valence-electron chi connectivity index (χ2n) is 5.92. The van der Waals surface area contributed by atoms with Crippen molar-refractivity contribution in [3.05, 3.63) is 54.2 Å². The smallest absolute Gasteiger partial charge is 0.356 e. The van der Waals surface area contributed by atoms with E-state index in [1.807, 2.05) is 0 Å². The number of hydrogen-bond donors (Lipinski definition) is 0. The average Bonchev–Trinajstić information content (AvgIpc) is 2.62. The van der Waals surface area contributed by atoms with Crippen molar-refractivity contribution in [2.24, 2.45) is 0 Å². The Morgan fingerprint density at radius 1 is 1.00 bits per heavy atom. The van der Waals surface area contributed by atoms with E-state index >= 15 is 0 Å². The van der Waals surface area contributed by atoms with E-state index < -0.39 is 26.8 Å². The van der Waals surface area contributed by atoms with E-state index in [2.05, 4.69) is 4.98 Å². The van der Waals surface area contributed by atoms with Crippen LogP contribution in [0.4, 0.5) is 19.0 Å². The van der Waals surface area contributed by atoms with Gasteiger partial charge in [0.2, 0.25) is 0 Å². The van der Waals surface area contributed by atoms with Gasteiger partial charge < -0.3 is 4.90 Å². The van der Waals surface area contributed by atoms with E-state index in [0.29, 0.717) is 0 Å². The number of hydrogen-bond acceptors (Lipinski definition) is 4. The molecular formula is C17H17F3N2O2S. The van der Waals surface area contributed by atoms with Gasteiger partial charge in [-0.2, -0.15) is 13.2 Å². The minimum absolute atomic E-state index is 0.134. The lowest BCUT2D eigenvalue weighted by molar-refractivity contribution is -0.137. The highest BCUT2D eigenvalue weighted by Crippen LogP contribution is 2.36. The summed E-state index contributed by atoms with van der Waals surface area (Å²) in [7, 11) is -3.48. The molecule has 4 nitrogen and oxygen atoms in total. The van der Waals surface area contributed by atoms with Crippen LogP contribution >= 0.6 is 0 Å². The van der Waals surface area contributed by atoms with Crippen molar-refractivity contribution in [2.45, 2.75) is 29.2 Å². The summed E-state index contributed by atoms with van der Waals surface area (Å²) in [6, 6.07) is 10.4. The highest BCUT2D eigenvalue weighted by Gasteiger charge is 2.38. The van der Waals surface area contributed by atoms with Gasteiger partial charge in [-0.05, 0) is 37.1 Å². The van der Waals surface area contributed by atoms with Crippen molar-refractivity contribution >= 4 is 15.7 Å². The Kier molecular flexibility index (Phi) is 4.73. The fraction of sp³-hybridized carbons (Fsp3) is 0.353. The van der Waals surface area contributed by atoms with Gasteiger partial charge in [0.15, 0.2) is 9.84 Å². The van der Waals surface area contributed by atoms with Crippen LogP contribution in [0.5, 0.6) is 0 Å². The molecule has 0 radical (unpaired) electrons. The molecule has 1 aromatic heterocycles. The number of anilines is 1. The zero-order valence-electron chi connectivity index (χ0n) is 13.3. The zero-order valence-corrected chi connectivity index (χ0v) is 14.1. The van der Waals surface area contributed by atoms with Crippen LogP contribution < -0.4 is 4.90 Å². The van der Waals surface area contributed by atoms with Gasteiger partial charge in [-0.25, -0.2) is 13.4 Å². The first-order valence-corrected chi connectivity index (χ1v) is 9.41. The molecule has 1 aliphatic heterocycles. The Morgan fingerprint density at radius 2 is 1.64 bits per heavy atom. The number of alkyl halides is 3. The molecule has 2 heterocycles. The van der Waals surface area contributed by atoms with Gasteiger partial charge >= 0.3 is 6.18 Å². The number of benzene rings is 1. The minimum Gasteiger partial charge on any atom is -0.356 e. The van der Waals surface area contributed by atoms with Crippen LogP contribution in [0.1, 0.15) is 18.4 Å². The van der Waals surface area contributed by atoms with Gasteiger partial charge in [0.05, 0.1) is 15.7 Å². The third-order valence-corrected chi connectivity index (χ3v) is 6.62. The molecule has 134 valence electrons. The second kappa shape index (κ2) is 6.67. The van der Waals surface area contributed by atoms with Crippen molar-refractivity contribution in [3.63, 3.8) is 0 Å². The maximum atomic E-state index is 13.1. The van der Waals surface area contributed by atoms with Crippen molar-refractivity contribution < 1.29 is 21.6 Å². The number of aromatic nitrogens is 1. The van der Waals surface area contributed by atoms with E-state index in [1.165, 1.54) is 17.2 Å². The molecule has 1 saturated heterocycles. The van der Waals surface area contributed by atoms with Crippen LogP contribution in [0, 0.1) is 0 Å². The SMILES string of the molecule is O=S(=O)(c1ccccc1)C1CCN(c2ncccc2C(F)(F)F)CC1. The maximum Gasteiger partial charge on any atom is 0.419 e. The Bertz CT molecular complexity index is 830. The molecule has 2 aromatic rings. The third kappa shape index (κ3) is 3.63. The molecule has 3 rings (SSSR count). The van der Waals surface area contributed by atoms with E-state index in [-0.39, 0.29) is 36.6 Å². The third-order valence-electron chi connectivity index (χ3n) is 4.34. The van der Waals surface area contributed by atoms with Gasteiger partial charge in [0, 0.05) is 19.3 Å².